The molecule has 0 saturated carbocycles. The van der Waals surface area contributed by atoms with Crippen LogP contribution in [0.15, 0.2) is 36.4 Å². The lowest BCUT2D eigenvalue weighted by atomic mass is 10.0. The topological polar surface area (TPSA) is 80.9 Å². The standard InChI is InChI=1S/C29H37NO5/c1-32-28-21-24(25(22-30)19-23-11-13-27-29(20-23)35-18-17-34-27)12-14-26(28)33-16-10-8-6-4-2-3-5-7-9-15-31/h11-14,19-21,31H,2-10,15-18H2,1H3/b25-19+. The summed E-state index contributed by atoms with van der Waals surface area (Å²) in [5.41, 5.74) is 2.17. The first-order valence-electron chi connectivity index (χ1n) is 12.7. The second kappa shape index (κ2) is 15.0. The fourth-order valence-corrected chi connectivity index (χ4v) is 4.08. The van der Waals surface area contributed by atoms with E-state index in [1.165, 1.54) is 32.1 Å². The molecule has 0 atom stereocenters. The average molecular weight is 480 g/mol. The number of aliphatic hydroxyl groups is 1. The highest BCUT2D eigenvalue weighted by Crippen LogP contribution is 2.34. The minimum Gasteiger partial charge on any atom is -0.493 e. The number of fused-ring (bicyclic) bond motifs is 1. The van der Waals surface area contributed by atoms with Crippen molar-refractivity contribution in [3.05, 3.63) is 47.5 Å². The normalized spacial score (nSPS) is 12.8. The number of nitriles is 1. The molecule has 35 heavy (non-hydrogen) atoms. The summed E-state index contributed by atoms with van der Waals surface area (Å²) in [4.78, 5) is 0. The van der Waals surface area contributed by atoms with Gasteiger partial charge in [0.2, 0.25) is 0 Å². The maximum absolute atomic E-state index is 9.77. The molecule has 1 heterocycles. The van der Waals surface area contributed by atoms with Crippen molar-refractivity contribution in [2.45, 2.75) is 57.8 Å². The Balaban J connectivity index is 1.49. The van der Waals surface area contributed by atoms with Gasteiger partial charge in [-0.2, -0.15) is 5.26 Å². The predicted molar refractivity (Wildman–Crippen MR) is 138 cm³/mol. The zero-order chi connectivity index (χ0) is 24.7. The largest absolute Gasteiger partial charge is 0.493 e. The Morgan fingerprint density at radius 3 is 2.26 bits per heavy atom. The number of benzene rings is 2. The molecule has 1 aliphatic rings. The quantitative estimate of drug-likeness (QED) is 0.181. The van der Waals surface area contributed by atoms with Gasteiger partial charge >= 0.3 is 0 Å². The summed E-state index contributed by atoms with van der Waals surface area (Å²) >= 11 is 0. The number of allylic oxidation sites excluding steroid dienone is 1. The van der Waals surface area contributed by atoms with Crippen molar-refractivity contribution in [1.29, 1.82) is 5.26 Å². The number of hydrogen-bond donors (Lipinski definition) is 1. The summed E-state index contributed by atoms with van der Waals surface area (Å²) in [6.45, 7) is 2.03. The van der Waals surface area contributed by atoms with E-state index in [1.807, 2.05) is 42.5 Å². The highest BCUT2D eigenvalue weighted by molar-refractivity contribution is 5.90. The number of methoxy groups -OCH3 is 1. The van der Waals surface area contributed by atoms with Gasteiger partial charge < -0.3 is 24.1 Å². The van der Waals surface area contributed by atoms with Gasteiger partial charge in [-0.1, -0.05) is 51.0 Å². The van der Waals surface area contributed by atoms with Gasteiger partial charge in [0.1, 0.15) is 13.2 Å². The molecular weight excluding hydrogens is 442 g/mol. The number of ether oxygens (including phenoxy) is 4. The molecule has 2 aromatic rings. The summed E-state index contributed by atoms with van der Waals surface area (Å²) in [6, 6.07) is 13.6. The first kappa shape index (κ1) is 26.4. The Bertz CT molecular complexity index is 995. The molecule has 0 unspecified atom stereocenters. The Morgan fingerprint density at radius 1 is 0.886 bits per heavy atom. The van der Waals surface area contributed by atoms with Crippen molar-refractivity contribution >= 4 is 11.6 Å². The second-order valence-corrected chi connectivity index (χ2v) is 8.69. The molecule has 0 spiro atoms. The van der Waals surface area contributed by atoms with Gasteiger partial charge in [0, 0.05) is 6.61 Å². The SMILES string of the molecule is COc1cc(/C(C#N)=C/c2ccc3c(c2)OCCO3)ccc1OCCCCCCCCCCCO. The smallest absolute Gasteiger partial charge is 0.161 e. The average Bonchev–Trinajstić information content (AvgIpc) is 2.90. The van der Waals surface area contributed by atoms with Crippen LogP contribution in [-0.4, -0.2) is 38.6 Å². The van der Waals surface area contributed by atoms with Crippen LogP contribution in [0.4, 0.5) is 0 Å². The van der Waals surface area contributed by atoms with Gasteiger partial charge in [0.25, 0.3) is 0 Å². The Labute approximate surface area is 209 Å². The van der Waals surface area contributed by atoms with E-state index in [4.69, 9.17) is 24.1 Å². The van der Waals surface area contributed by atoms with Crippen LogP contribution in [0.1, 0.15) is 68.9 Å². The molecule has 0 amide bonds. The number of aliphatic hydroxyl groups excluding tert-OH is 1. The molecule has 0 bridgehead atoms. The van der Waals surface area contributed by atoms with E-state index in [0.29, 0.717) is 49.2 Å². The molecule has 2 aromatic carbocycles. The number of unbranched alkanes of at least 4 members (excludes halogenated alkanes) is 8. The molecule has 0 saturated heterocycles. The van der Waals surface area contributed by atoms with Gasteiger partial charge in [-0.05, 0) is 60.4 Å². The maximum atomic E-state index is 9.77. The fraction of sp³-hybridized carbons (Fsp3) is 0.483. The molecular formula is C29H37NO5. The second-order valence-electron chi connectivity index (χ2n) is 8.69. The minimum absolute atomic E-state index is 0.310. The van der Waals surface area contributed by atoms with Crippen molar-refractivity contribution < 1.29 is 24.1 Å². The number of rotatable bonds is 15. The summed E-state index contributed by atoms with van der Waals surface area (Å²) in [5.74, 6) is 2.73. The molecule has 3 rings (SSSR count). The summed E-state index contributed by atoms with van der Waals surface area (Å²) in [6.07, 6.45) is 12.3. The van der Waals surface area contributed by atoms with Crippen LogP contribution in [0.2, 0.25) is 0 Å². The van der Waals surface area contributed by atoms with E-state index in [0.717, 1.165) is 42.6 Å². The van der Waals surface area contributed by atoms with Crippen LogP contribution in [0.5, 0.6) is 23.0 Å². The van der Waals surface area contributed by atoms with Crippen LogP contribution in [0.25, 0.3) is 11.6 Å². The third-order valence-electron chi connectivity index (χ3n) is 6.03. The van der Waals surface area contributed by atoms with Crippen LogP contribution in [0.3, 0.4) is 0 Å². The van der Waals surface area contributed by atoms with E-state index in [1.54, 1.807) is 7.11 Å². The summed E-state index contributed by atoms with van der Waals surface area (Å²) in [7, 11) is 1.61. The van der Waals surface area contributed by atoms with Crippen molar-refractivity contribution in [3.63, 3.8) is 0 Å². The Hall–Kier alpha value is -3.17. The van der Waals surface area contributed by atoms with E-state index in [9.17, 15) is 5.26 Å². The minimum atomic E-state index is 0.310. The van der Waals surface area contributed by atoms with Crippen molar-refractivity contribution in [3.8, 4) is 29.1 Å². The van der Waals surface area contributed by atoms with Crippen LogP contribution >= 0.6 is 0 Å². The first-order valence-corrected chi connectivity index (χ1v) is 12.7. The van der Waals surface area contributed by atoms with Crippen LogP contribution in [0, 0.1) is 11.3 Å². The zero-order valence-electron chi connectivity index (χ0n) is 20.8. The van der Waals surface area contributed by atoms with E-state index >= 15 is 0 Å². The molecule has 0 aliphatic carbocycles. The lowest BCUT2D eigenvalue weighted by Gasteiger charge is -2.18. The molecule has 6 nitrogen and oxygen atoms in total. The Morgan fingerprint density at radius 2 is 1.57 bits per heavy atom. The number of nitrogens with zero attached hydrogens (tertiary/aromatic N) is 1. The molecule has 0 fully saturated rings. The molecule has 0 aromatic heterocycles. The van der Waals surface area contributed by atoms with Gasteiger partial charge in [-0.25, -0.2) is 0 Å². The third kappa shape index (κ3) is 8.52. The van der Waals surface area contributed by atoms with Gasteiger partial charge in [-0.15, -0.1) is 0 Å². The van der Waals surface area contributed by atoms with Crippen molar-refractivity contribution in [2.24, 2.45) is 0 Å². The zero-order valence-corrected chi connectivity index (χ0v) is 20.8. The van der Waals surface area contributed by atoms with Crippen molar-refractivity contribution in [1.82, 2.24) is 0 Å². The van der Waals surface area contributed by atoms with Gasteiger partial charge in [0.05, 0.1) is 25.4 Å². The molecule has 0 radical (unpaired) electrons. The lowest BCUT2D eigenvalue weighted by molar-refractivity contribution is 0.171. The monoisotopic (exact) mass is 479 g/mol. The number of hydrogen-bond acceptors (Lipinski definition) is 6. The summed E-state index contributed by atoms with van der Waals surface area (Å²) in [5, 5.41) is 18.6. The van der Waals surface area contributed by atoms with E-state index < -0.39 is 0 Å². The molecule has 1 N–H and O–H groups in total. The van der Waals surface area contributed by atoms with Crippen molar-refractivity contribution in [2.75, 3.05) is 33.5 Å². The van der Waals surface area contributed by atoms with Crippen LogP contribution in [-0.2, 0) is 0 Å². The first-order chi connectivity index (χ1) is 17.2. The predicted octanol–water partition coefficient (Wildman–Crippen LogP) is 6.41. The van der Waals surface area contributed by atoms with Crippen LogP contribution < -0.4 is 18.9 Å². The Kier molecular flexibility index (Phi) is 11.3. The fourth-order valence-electron chi connectivity index (χ4n) is 4.08. The third-order valence-corrected chi connectivity index (χ3v) is 6.03. The molecule has 6 heteroatoms. The van der Waals surface area contributed by atoms with Gasteiger partial charge in [0.15, 0.2) is 23.0 Å². The van der Waals surface area contributed by atoms with Gasteiger partial charge in [-0.3, -0.25) is 0 Å². The maximum Gasteiger partial charge on any atom is 0.161 e. The summed E-state index contributed by atoms with van der Waals surface area (Å²) < 4.78 is 22.7. The molecule has 188 valence electrons. The van der Waals surface area contributed by atoms with E-state index in [2.05, 4.69) is 6.07 Å². The van der Waals surface area contributed by atoms with E-state index in [-0.39, 0.29) is 0 Å². The lowest BCUT2D eigenvalue weighted by Crippen LogP contribution is -2.15. The molecule has 1 aliphatic heterocycles. The highest BCUT2D eigenvalue weighted by Gasteiger charge is 2.13. The highest BCUT2D eigenvalue weighted by atomic mass is 16.6.